The molecule has 0 radical (unpaired) electrons. The van der Waals surface area contributed by atoms with Crippen molar-refractivity contribution < 1.29 is 14.6 Å². The number of imidazole rings is 1. The minimum Gasteiger partial charge on any atom is -0.388 e. The van der Waals surface area contributed by atoms with E-state index < -0.39 is 6.10 Å². The first-order chi connectivity index (χ1) is 10.1. The van der Waals surface area contributed by atoms with Crippen LogP contribution in [-0.4, -0.2) is 57.2 Å². The monoisotopic (exact) mass is 309 g/mol. The molecule has 2 aromatic heterocycles. The van der Waals surface area contributed by atoms with E-state index in [0.29, 0.717) is 29.5 Å². The van der Waals surface area contributed by atoms with Gasteiger partial charge in [0.05, 0.1) is 11.1 Å². The van der Waals surface area contributed by atoms with Crippen LogP contribution in [0.2, 0.25) is 5.02 Å². The van der Waals surface area contributed by atoms with Gasteiger partial charge in [-0.25, -0.2) is 4.98 Å². The highest BCUT2D eigenvalue weighted by atomic mass is 35.5. The molecule has 6 nitrogen and oxygen atoms in total. The predicted octanol–water partition coefficient (Wildman–Crippen LogP) is 1.21. The number of β-amino-alcohol motifs (C(OH)–C–C–N with tert-alkyl or cyclic N) is 1. The molecule has 0 spiro atoms. The Hall–Kier alpha value is -1.63. The quantitative estimate of drug-likeness (QED) is 0.925. The van der Waals surface area contributed by atoms with Crippen molar-refractivity contribution in [3.63, 3.8) is 0 Å². The van der Waals surface area contributed by atoms with E-state index in [0.717, 1.165) is 0 Å². The summed E-state index contributed by atoms with van der Waals surface area (Å²) >= 11 is 5.91. The van der Waals surface area contributed by atoms with Gasteiger partial charge in [-0.15, -0.1) is 0 Å². The zero-order valence-electron chi connectivity index (χ0n) is 11.6. The Balaban J connectivity index is 1.81. The molecule has 1 saturated heterocycles. The molecular weight excluding hydrogens is 294 g/mol. The van der Waals surface area contributed by atoms with Gasteiger partial charge in [0.2, 0.25) is 0 Å². The predicted molar refractivity (Wildman–Crippen MR) is 77.5 cm³/mol. The summed E-state index contributed by atoms with van der Waals surface area (Å²) in [6, 6.07) is 3.48. The van der Waals surface area contributed by atoms with Crippen LogP contribution in [0.25, 0.3) is 5.65 Å². The fraction of sp³-hybridized carbons (Fsp3) is 0.429. The summed E-state index contributed by atoms with van der Waals surface area (Å²) in [7, 11) is 0. The van der Waals surface area contributed by atoms with Crippen molar-refractivity contribution in [1.82, 2.24) is 14.3 Å². The maximum atomic E-state index is 12.4. The molecule has 1 aliphatic rings. The van der Waals surface area contributed by atoms with Gasteiger partial charge in [0.1, 0.15) is 17.4 Å². The summed E-state index contributed by atoms with van der Waals surface area (Å²) in [5.41, 5.74) is 0.991. The molecule has 2 atom stereocenters. The highest BCUT2D eigenvalue weighted by molar-refractivity contribution is 6.30. The van der Waals surface area contributed by atoms with E-state index in [1.807, 2.05) is 6.92 Å². The van der Waals surface area contributed by atoms with Crippen LogP contribution in [0.3, 0.4) is 0 Å². The van der Waals surface area contributed by atoms with E-state index in [1.54, 1.807) is 33.8 Å². The summed E-state index contributed by atoms with van der Waals surface area (Å²) in [5, 5.41) is 10.5. The molecule has 21 heavy (non-hydrogen) atoms. The smallest absolute Gasteiger partial charge is 0.274 e. The largest absolute Gasteiger partial charge is 0.388 e. The zero-order valence-corrected chi connectivity index (χ0v) is 12.3. The average molecular weight is 310 g/mol. The summed E-state index contributed by atoms with van der Waals surface area (Å²) in [6.07, 6.45) is 2.36. The Morgan fingerprint density at radius 2 is 2.29 bits per heavy atom. The normalized spacial score (nSPS) is 22.1. The van der Waals surface area contributed by atoms with Crippen LogP contribution in [0.5, 0.6) is 0 Å². The van der Waals surface area contributed by atoms with Gasteiger partial charge in [0, 0.05) is 32.1 Å². The van der Waals surface area contributed by atoms with E-state index in [1.165, 1.54) is 0 Å². The Labute approximate surface area is 126 Å². The molecule has 2 aromatic rings. The number of aromatic nitrogens is 2. The number of nitrogens with zero attached hydrogens (tertiary/aromatic N) is 3. The molecule has 7 heteroatoms. The second kappa shape index (κ2) is 5.63. The van der Waals surface area contributed by atoms with E-state index >= 15 is 0 Å². The average Bonchev–Trinajstić information content (AvgIpc) is 3.02. The molecule has 3 heterocycles. The summed E-state index contributed by atoms with van der Waals surface area (Å²) in [4.78, 5) is 18.3. The minimum absolute atomic E-state index is 0.212. The number of halogens is 1. The Bertz CT molecular complexity index is 673. The van der Waals surface area contributed by atoms with Gasteiger partial charge in [0.15, 0.2) is 0 Å². The number of fused-ring (bicyclic) bond motifs is 1. The summed E-state index contributed by atoms with van der Waals surface area (Å²) in [5.74, 6) is -0.212. The van der Waals surface area contributed by atoms with Gasteiger partial charge in [0.25, 0.3) is 5.91 Å². The summed E-state index contributed by atoms with van der Waals surface area (Å²) in [6.45, 7) is 3.01. The lowest BCUT2D eigenvalue weighted by molar-refractivity contribution is -0.00237. The number of carbonyl (C=O) groups is 1. The van der Waals surface area contributed by atoms with Crippen LogP contribution >= 0.6 is 11.6 Å². The van der Waals surface area contributed by atoms with Gasteiger partial charge < -0.3 is 19.1 Å². The number of amides is 1. The number of carbonyl (C=O) groups excluding carboxylic acids is 1. The molecular formula is C14H16ClN3O3. The lowest BCUT2D eigenvalue weighted by Crippen LogP contribution is -2.30. The molecule has 112 valence electrons. The van der Waals surface area contributed by atoms with E-state index in [9.17, 15) is 9.90 Å². The highest BCUT2D eigenvalue weighted by Gasteiger charge is 2.35. The fourth-order valence-electron chi connectivity index (χ4n) is 2.53. The third kappa shape index (κ3) is 2.74. The van der Waals surface area contributed by atoms with Crippen LogP contribution in [-0.2, 0) is 4.74 Å². The van der Waals surface area contributed by atoms with Crippen molar-refractivity contribution in [3.8, 4) is 0 Å². The third-order valence-corrected chi connectivity index (χ3v) is 3.76. The molecule has 0 bridgehead atoms. The number of ether oxygens (including phenoxy) is 1. The molecule has 1 N–H and O–H groups in total. The Morgan fingerprint density at radius 3 is 3.05 bits per heavy atom. The van der Waals surface area contributed by atoms with Crippen molar-refractivity contribution >= 4 is 23.2 Å². The van der Waals surface area contributed by atoms with E-state index in [4.69, 9.17) is 16.3 Å². The second-order valence-electron chi connectivity index (χ2n) is 5.01. The van der Waals surface area contributed by atoms with Crippen molar-refractivity contribution in [3.05, 3.63) is 35.2 Å². The molecule has 1 fully saturated rings. The number of hydrogen-bond acceptors (Lipinski definition) is 4. The number of pyridine rings is 1. The van der Waals surface area contributed by atoms with Crippen LogP contribution in [0.1, 0.15) is 17.4 Å². The van der Waals surface area contributed by atoms with Gasteiger partial charge in [-0.2, -0.15) is 0 Å². The van der Waals surface area contributed by atoms with Crippen LogP contribution in [0.15, 0.2) is 24.5 Å². The molecule has 0 aromatic carbocycles. The number of aliphatic hydroxyl groups excluding tert-OH is 1. The number of hydrogen-bond donors (Lipinski definition) is 1. The van der Waals surface area contributed by atoms with Gasteiger partial charge in [-0.1, -0.05) is 11.6 Å². The lowest BCUT2D eigenvalue weighted by Gasteiger charge is -2.14. The minimum atomic E-state index is -0.652. The van der Waals surface area contributed by atoms with Gasteiger partial charge in [-0.05, 0) is 19.1 Å². The lowest BCUT2D eigenvalue weighted by atomic mass is 10.3. The number of rotatable bonds is 3. The first-order valence-electron chi connectivity index (χ1n) is 6.81. The van der Waals surface area contributed by atoms with Crippen LogP contribution in [0, 0.1) is 0 Å². The fourth-order valence-corrected chi connectivity index (χ4v) is 2.70. The molecule has 1 amide bonds. The molecule has 0 aliphatic carbocycles. The molecule has 0 saturated carbocycles. The van der Waals surface area contributed by atoms with E-state index in [2.05, 4.69) is 4.98 Å². The molecule has 1 aliphatic heterocycles. The first-order valence-corrected chi connectivity index (χ1v) is 7.19. The molecule has 0 unspecified atom stereocenters. The molecule has 3 rings (SSSR count). The SMILES string of the molecule is CCO[C@H]1CN(C(=O)c2cn3cc(Cl)ccc3n2)C[C@@H]1O. The van der Waals surface area contributed by atoms with Gasteiger partial charge in [-0.3, -0.25) is 4.79 Å². The van der Waals surface area contributed by atoms with Crippen LogP contribution < -0.4 is 0 Å². The third-order valence-electron chi connectivity index (χ3n) is 3.54. The number of likely N-dealkylation sites (tertiary alicyclic amines) is 1. The van der Waals surface area contributed by atoms with Crippen molar-refractivity contribution in [2.24, 2.45) is 0 Å². The van der Waals surface area contributed by atoms with Crippen molar-refractivity contribution in [2.75, 3.05) is 19.7 Å². The summed E-state index contributed by atoms with van der Waals surface area (Å²) < 4.78 is 7.13. The topological polar surface area (TPSA) is 67.1 Å². The highest BCUT2D eigenvalue weighted by Crippen LogP contribution is 2.18. The Morgan fingerprint density at radius 1 is 1.48 bits per heavy atom. The number of aliphatic hydroxyl groups is 1. The van der Waals surface area contributed by atoms with Crippen molar-refractivity contribution in [1.29, 1.82) is 0 Å². The second-order valence-corrected chi connectivity index (χ2v) is 5.45. The zero-order chi connectivity index (χ0) is 15.0. The van der Waals surface area contributed by atoms with Crippen LogP contribution in [0.4, 0.5) is 0 Å². The first kappa shape index (κ1) is 14.3. The Kier molecular flexibility index (Phi) is 3.84. The van der Waals surface area contributed by atoms with Gasteiger partial charge >= 0.3 is 0 Å². The maximum absolute atomic E-state index is 12.4. The van der Waals surface area contributed by atoms with E-state index in [-0.39, 0.29) is 18.6 Å². The van der Waals surface area contributed by atoms with Crippen molar-refractivity contribution in [2.45, 2.75) is 19.1 Å². The standard InChI is InChI=1S/C14H16ClN3O3/c1-2-21-12-8-18(7-11(12)19)14(20)10-6-17-5-9(15)3-4-13(17)16-10/h3-6,11-12,19H,2,7-8H2,1H3/t11-,12-/m0/s1. The maximum Gasteiger partial charge on any atom is 0.274 e.